The molecule has 0 radical (unpaired) electrons. The van der Waals surface area contributed by atoms with Gasteiger partial charge in [0.25, 0.3) is 0 Å². The van der Waals surface area contributed by atoms with E-state index in [1.807, 2.05) is 97.9 Å². The van der Waals surface area contributed by atoms with Crippen molar-refractivity contribution in [1.82, 2.24) is 0 Å². The van der Waals surface area contributed by atoms with Crippen LogP contribution in [0.1, 0.15) is 12.5 Å². The molecule has 26 heavy (non-hydrogen) atoms. The summed E-state index contributed by atoms with van der Waals surface area (Å²) in [6, 6.07) is 26.7. The van der Waals surface area contributed by atoms with Crippen molar-refractivity contribution >= 4 is 34.7 Å². The summed E-state index contributed by atoms with van der Waals surface area (Å²) in [6.07, 6.45) is 1.92. The van der Waals surface area contributed by atoms with Gasteiger partial charge >= 0.3 is 0 Å². The molecule has 0 aromatic heterocycles. The van der Waals surface area contributed by atoms with Gasteiger partial charge in [-0.25, -0.2) is 0 Å². The molecule has 0 aliphatic rings. The van der Waals surface area contributed by atoms with E-state index in [4.69, 9.17) is 11.6 Å². The second-order valence-corrected chi connectivity index (χ2v) is 9.33. The average Bonchev–Trinajstić information content (AvgIpc) is 2.67. The number of allylic oxidation sites excluding steroid dienone is 2. The summed E-state index contributed by atoms with van der Waals surface area (Å²) in [7, 11) is -3.07. The van der Waals surface area contributed by atoms with Crippen molar-refractivity contribution < 1.29 is 4.57 Å². The molecule has 0 N–H and O–H groups in total. The van der Waals surface area contributed by atoms with E-state index in [1.54, 1.807) is 0 Å². The van der Waals surface area contributed by atoms with Gasteiger partial charge in [0.1, 0.15) is 0 Å². The van der Waals surface area contributed by atoms with Crippen LogP contribution in [0, 0.1) is 0 Å². The normalized spacial score (nSPS) is 12.0. The van der Waals surface area contributed by atoms with Crippen LogP contribution in [0.3, 0.4) is 0 Å². The van der Waals surface area contributed by atoms with Gasteiger partial charge < -0.3 is 4.57 Å². The summed E-state index contributed by atoms with van der Waals surface area (Å²) in [5, 5.41) is 3.01. The predicted molar refractivity (Wildman–Crippen MR) is 114 cm³/mol. The molecule has 3 aromatic rings. The summed E-state index contributed by atoms with van der Waals surface area (Å²) in [5.74, 6) is 0. The Kier molecular flexibility index (Phi) is 5.61. The van der Waals surface area contributed by atoms with Crippen LogP contribution in [-0.2, 0) is 4.57 Å². The van der Waals surface area contributed by atoms with Gasteiger partial charge in [0.15, 0.2) is 7.14 Å². The zero-order valence-electron chi connectivity index (χ0n) is 14.6. The SMILES string of the molecule is C=C(C)/C=C(\c1ccc(Cl)cc1)P(=O)(c1ccccc1)c1ccccc1. The molecule has 0 saturated carbocycles. The van der Waals surface area contributed by atoms with Crippen LogP contribution in [0.4, 0.5) is 0 Å². The van der Waals surface area contributed by atoms with Crippen molar-refractivity contribution in [1.29, 1.82) is 0 Å². The molecule has 0 unspecified atom stereocenters. The maximum atomic E-state index is 14.6. The maximum absolute atomic E-state index is 14.6. The highest BCUT2D eigenvalue weighted by atomic mass is 35.5. The smallest absolute Gasteiger partial charge is 0.171 e. The molecule has 0 heterocycles. The summed E-state index contributed by atoms with van der Waals surface area (Å²) in [4.78, 5) is 0. The van der Waals surface area contributed by atoms with Gasteiger partial charge in [0.2, 0.25) is 0 Å². The number of halogens is 1. The second kappa shape index (κ2) is 7.91. The van der Waals surface area contributed by atoms with Gasteiger partial charge in [0.05, 0.1) is 0 Å². The molecule has 0 amide bonds. The zero-order chi connectivity index (χ0) is 18.6. The summed E-state index contributed by atoms with van der Waals surface area (Å²) in [6.45, 7) is 5.93. The highest BCUT2D eigenvalue weighted by molar-refractivity contribution is 7.87. The molecule has 0 atom stereocenters. The maximum Gasteiger partial charge on any atom is 0.171 e. The lowest BCUT2D eigenvalue weighted by Gasteiger charge is -2.23. The van der Waals surface area contributed by atoms with Crippen LogP contribution in [0.15, 0.2) is 103 Å². The largest absolute Gasteiger partial charge is 0.309 e. The fourth-order valence-corrected chi connectivity index (χ4v) is 5.99. The molecule has 0 bridgehead atoms. The van der Waals surface area contributed by atoms with E-state index >= 15 is 0 Å². The van der Waals surface area contributed by atoms with Gasteiger partial charge in [-0.15, -0.1) is 0 Å². The van der Waals surface area contributed by atoms with E-state index in [0.717, 1.165) is 27.1 Å². The van der Waals surface area contributed by atoms with E-state index in [9.17, 15) is 4.57 Å². The molecule has 0 spiro atoms. The van der Waals surface area contributed by atoms with E-state index in [-0.39, 0.29) is 0 Å². The minimum Gasteiger partial charge on any atom is -0.309 e. The third kappa shape index (κ3) is 3.75. The zero-order valence-corrected chi connectivity index (χ0v) is 16.3. The van der Waals surface area contributed by atoms with E-state index in [2.05, 4.69) is 6.58 Å². The third-order valence-corrected chi connectivity index (χ3v) is 7.47. The Morgan fingerprint density at radius 1 is 0.846 bits per heavy atom. The lowest BCUT2D eigenvalue weighted by molar-refractivity contribution is 0.593. The van der Waals surface area contributed by atoms with Crippen LogP contribution in [0.5, 0.6) is 0 Å². The molecule has 1 nitrogen and oxygen atoms in total. The van der Waals surface area contributed by atoms with Crippen LogP contribution in [0.2, 0.25) is 5.02 Å². The number of hydrogen-bond acceptors (Lipinski definition) is 1. The molecular formula is C23H20ClOP. The van der Waals surface area contributed by atoms with Crippen molar-refractivity contribution in [3.05, 3.63) is 114 Å². The first-order valence-electron chi connectivity index (χ1n) is 8.37. The lowest BCUT2D eigenvalue weighted by atomic mass is 10.2. The van der Waals surface area contributed by atoms with Gasteiger partial charge in [-0.1, -0.05) is 96.5 Å². The number of rotatable bonds is 5. The number of benzene rings is 3. The molecular weight excluding hydrogens is 359 g/mol. The Morgan fingerprint density at radius 2 is 1.31 bits per heavy atom. The first-order chi connectivity index (χ1) is 12.5. The minimum absolute atomic E-state index is 0.651. The molecule has 3 aromatic carbocycles. The Labute approximate surface area is 160 Å². The highest BCUT2D eigenvalue weighted by Gasteiger charge is 2.32. The Hall–Kier alpha value is -2.34. The van der Waals surface area contributed by atoms with E-state index in [0.29, 0.717) is 5.02 Å². The van der Waals surface area contributed by atoms with Crippen molar-refractivity contribution in [2.45, 2.75) is 6.92 Å². The fraction of sp³-hybridized carbons (Fsp3) is 0.0435. The van der Waals surface area contributed by atoms with Crippen molar-refractivity contribution in [2.75, 3.05) is 0 Å². The Balaban J connectivity index is 2.33. The average molecular weight is 379 g/mol. The molecule has 3 rings (SSSR count). The monoisotopic (exact) mass is 378 g/mol. The Bertz CT molecular complexity index is 930. The molecule has 0 aliphatic heterocycles. The van der Waals surface area contributed by atoms with E-state index in [1.165, 1.54) is 0 Å². The van der Waals surface area contributed by atoms with Crippen molar-refractivity contribution in [2.24, 2.45) is 0 Å². The van der Waals surface area contributed by atoms with Crippen LogP contribution >= 0.6 is 18.7 Å². The van der Waals surface area contributed by atoms with Crippen molar-refractivity contribution in [3.8, 4) is 0 Å². The predicted octanol–water partition coefficient (Wildman–Crippen LogP) is 6.27. The quantitative estimate of drug-likeness (QED) is 0.377. The van der Waals surface area contributed by atoms with Crippen LogP contribution < -0.4 is 10.6 Å². The van der Waals surface area contributed by atoms with Gasteiger partial charge in [-0.05, 0) is 30.7 Å². The summed E-state index contributed by atoms with van der Waals surface area (Å²) >= 11 is 6.06. The van der Waals surface area contributed by atoms with Gasteiger partial charge in [0, 0.05) is 20.9 Å². The summed E-state index contributed by atoms with van der Waals surface area (Å²) < 4.78 is 14.6. The standard InChI is InChI=1S/C23H20ClOP/c1-18(2)17-23(19-13-15-20(24)16-14-19)26(25,21-9-5-3-6-10-21)22-11-7-4-8-12-22/h3-17H,1H2,2H3/b23-17+. The minimum atomic E-state index is -3.07. The van der Waals surface area contributed by atoms with E-state index < -0.39 is 7.14 Å². The first-order valence-corrected chi connectivity index (χ1v) is 10.5. The second-order valence-electron chi connectivity index (χ2n) is 6.16. The summed E-state index contributed by atoms with van der Waals surface area (Å²) in [5.41, 5.74) is 1.73. The fourth-order valence-electron chi connectivity index (χ4n) is 2.91. The molecule has 0 aliphatic carbocycles. The lowest BCUT2D eigenvalue weighted by Crippen LogP contribution is -2.17. The van der Waals surface area contributed by atoms with Crippen LogP contribution in [-0.4, -0.2) is 0 Å². The molecule has 130 valence electrons. The van der Waals surface area contributed by atoms with Crippen LogP contribution in [0.25, 0.3) is 5.31 Å². The van der Waals surface area contributed by atoms with Gasteiger partial charge in [-0.3, -0.25) is 0 Å². The highest BCUT2D eigenvalue weighted by Crippen LogP contribution is 2.57. The number of hydrogen-bond donors (Lipinski definition) is 0. The molecule has 3 heteroatoms. The first kappa shape index (κ1) is 18.5. The van der Waals surface area contributed by atoms with Crippen molar-refractivity contribution in [3.63, 3.8) is 0 Å². The topological polar surface area (TPSA) is 17.1 Å². The van der Waals surface area contributed by atoms with Gasteiger partial charge in [-0.2, -0.15) is 0 Å². The Morgan fingerprint density at radius 3 is 1.73 bits per heavy atom. The third-order valence-electron chi connectivity index (χ3n) is 4.10. The molecule has 0 fully saturated rings. The molecule has 0 saturated heterocycles.